The van der Waals surface area contributed by atoms with Crippen molar-refractivity contribution in [2.75, 3.05) is 7.11 Å². The first-order valence-corrected chi connectivity index (χ1v) is 14.8. The zero-order chi connectivity index (χ0) is 30.3. The van der Waals surface area contributed by atoms with Crippen molar-refractivity contribution in [3.05, 3.63) is 155 Å². The SMILES string of the molecule is COc1ccc([C@H](CC(=O)NCc2ccco2)c2cn(Cc3ccc(C)cc3)c3ccccc23)cc1OCc1ccccc1. The number of aromatic nitrogens is 1. The van der Waals surface area contributed by atoms with E-state index in [-0.39, 0.29) is 18.2 Å². The normalized spacial score (nSPS) is 11.8. The summed E-state index contributed by atoms with van der Waals surface area (Å²) >= 11 is 0. The van der Waals surface area contributed by atoms with Gasteiger partial charge in [-0.1, -0.05) is 84.4 Å². The minimum atomic E-state index is -0.235. The van der Waals surface area contributed by atoms with Crippen molar-refractivity contribution in [2.24, 2.45) is 0 Å². The van der Waals surface area contributed by atoms with Gasteiger partial charge < -0.3 is 23.8 Å². The van der Waals surface area contributed by atoms with E-state index in [1.165, 1.54) is 11.1 Å². The Kier molecular flexibility index (Phi) is 8.78. The summed E-state index contributed by atoms with van der Waals surface area (Å²) < 4.78 is 19.7. The molecule has 6 aromatic rings. The molecule has 0 fully saturated rings. The highest BCUT2D eigenvalue weighted by Gasteiger charge is 2.24. The van der Waals surface area contributed by atoms with E-state index in [2.05, 4.69) is 71.5 Å². The number of amides is 1. The molecule has 0 saturated carbocycles. The number of benzene rings is 4. The van der Waals surface area contributed by atoms with Crippen LogP contribution in [0, 0.1) is 6.92 Å². The smallest absolute Gasteiger partial charge is 0.221 e. The second-order valence-corrected chi connectivity index (χ2v) is 11.0. The molecular weight excluding hydrogens is 548 g/mol. The molecule has 0 bridgehead atoms. The van der Waals surface area contributed by atoms with Crippen LogP contribution in [0.15, 0.2) is 126 Å². The number of para-hydroxylation sites is 1. The van der Waals surface area contributed by atoms with Crippen molar-refractivity contribution < 1.29 is 18.7 Å². The van der Waals surface area contributed by atoms with Crippen LogP contribution >= 0.6 is 0 Å². The van der Waals surface area contributed by atoms with Crippen molar-refractivity contribution in [1.29, 1.82) is 0 Å². The summed E-state index contributed by atoms with van der Waals surface area (Å²) in [5, 5.41) is 4.16. The third kappa shape index (κ3) is 6.70. The monoisotopic (exact) mass is 584 g/mol. The summed E-state index contributed by atoms with van der Waals surface area (Å²) in [6.45, 7) is 3.57. The number of nitrogens with one attached hydrogen (secondary N) is 1. The molecule has 0 aliphatic rings. The molecule has 0 spiro atoms. The van der Waals surface area contributed by atoms with Gasteiger partial charge in [-0.25, -0.2) is 0 Å². The summed E-state index contributed by atoms with van der Waals surface area (Å²) in [4.78, 5) is 13.5. The van der Waals surface area contributed by atoms with Crippen LogP contribution in [0.2, 0.25) is 0 Å². The van der Waals surface area contributed by atoms with E-state index >= 15 is 0 Å². The van der Waals surface area contributed by atoms with E-state index in [0.29, 0.717) is 30.4 Å². The summed E-state index contributed by atoms with van der Waals surface area (Å²) in [7, 11) is 1.64. The largest absolute Gasteiger partial charge is 0.493 e. The Morgan fingerprint density at radius 2 is 1.66 bits per heavy atom. The quantitative estimate of drug-likeness (QED) is 0.158. The summed E-state index contributed by atoms with van der Waals surface area (Å²) in [5.41, 5.74) is 6.69. The molecule has 1 atom stereocenters. The number of hydrogen-bond donors (Lipinski definition) is 1. The molecular formula is C38H36N2O4. The fraction of sp³-hybridized carbons (Fsp3) is 0.184. The van der Waals surface area contributed by atoms with Crippen LogP contribution < -0.4 is 14.8 Å². The maximum Gasteiger partial charge on any atom is 0.221 e. The molecule has 4 aromatic carbocycles. The summed E-state index contributed by atoms with van der Waals surface area (Å²) in [6.07, 6.45) is 4.06. The molecule has 1 N–H and O–H groups in total. The molecule has 1 amide bonds. The number of nitrogens with zero attached hydrogens (tertiary/aromatic N) is 1. The number of carbonyl (C=O) groups excluding carboxylic acids is 1. The van der Waals surface area contributed by atoms with Crippen LogP contribution in [-0.4, -0.2) is 17.6 Å². The van der Waals surface area contributed by atoms with Gasteiger partial charge in [0, 0.05) is 36.0 Å². The Hall–Kier alpha value is -5.23. The lowest BCUT2D eigenvalue weighted by atomic mass is 9.87. The fourth-order valence-corrected chi connectivity index (χ4v) is 5.60. The van der Waals surface area contributed by atoms with Crippen molar-refractivity contribution in [3.63, 3.8) is 0 Å². The predicted octanol–water partition coefficient (Wildman–Crippen LogP) is 8.02. The standard InChI is InChI=1S/C38H36N2O4/c1-27-14-16-28(17-15-27)24-40-25-34(32-12-6-7-13-35(32)40)33(22-38(41)39-23-31-11-8-20-43-31)30-18-19-36(42-2)37(21-30)44-26-29-9-4-3-5-10-29/h3-21,25,33H,22-24,26H2,1-2H3,(H,39,41)/t33-/m0/s1. The molecule has 0 saturated heterocycles. The topological polar surface area (TPSA) is 65.6 Å². The minimum absolute atomic E-state index is 0.0654. The first kappa shape index (κ1) is 28.9. The van der Waals surface area contributed by atoms with Gasteiger partial charge in [0.1, 0.15) is 12.4 Å². The highest BCUT2D eigenvalue weighted by Crippen LogP contribution is 2.39. The Labute approximate surface area is 257 Å². The maximum atomic E-state index is 13.5. The molecule has 0 aliphatic heterocycles. The number of methoxy groups -OCH3 is 1. The van der Waals surface area contributed by atoms with Crippen LogP contribution in [0.3, 0.4) is 0 Å². The molecule has 0 aliphatic carbocycles. The molecule has 6 heteroatoms. The second kappa shape index (κ2) is 13.4. The number of hydrogen-bond acceptors (Lipinski definition) is 4. The zero-order valence-corrected chi connectivity index (χ0v) is 25.0. The van der Waals surface area contributed by atoms with Crippen LogP contribution in [-0.2, 0) is 24.5 Å². The summed E-state index contributed by atoms with van der Waals surface area (Å²) in [6, 6.07) is 36.7. The number of furan rings is 1. The Morgan fingerprint density at radius 3 is 2.43 bits per heavy atom. The average Bonchev–Trinajstić information content (AvgIpc) is 3.71. The molecule has 2 heterocycles. The van der Waals surface area contributed by atoms with E-state index in [1.807, 2.05) is 60.7 Å². The molecule has 44 heavy (non-hydrogen) atoms. The van der Waals surface area contributed by atoms with E-state index < -0.39 is 0 Å². The molecule has 6 nitrogen and oxygen atoms in total. The Balaban J connectivity index is 1.37. The number of ether oxygens (including phenoxy) is 2. The highest BCUT2D eigenvalue weighted by atomic mass is 16.5. The van der Waals surface area contributed by atoms with Gasteiger partial charge >= 0.3 is 0 Å². The van der Waals surface area contributed by atoms with Gasteiger partial charge in [-0.05, 0) is 59.5 Å². The average molecular weight is 585 g/mol. The predicted molar refractivity (Wildman–Crippen MR) is 173 cm³/mol. The number of rotatable bonds is 12. The van der Waals surface area contributed by atoms with Gasteiger partial charge in [-0.3, -0.25) is 4.79 Å². The van der Waals surface area contributed by atoms with Crippen molar-refractivity contribution >= 4 is 16.8 Å². The lowest BCUT2D eigenvalue weighted by molar-refractivity contribution is -0.121. The van der Waals surface area contributed by atoms with Crippen LogP contribution in [0.25, 0.3) is 10.9 Å². The highest BCUT2D eigenvalue weighted by molar-refractivity contribution is 5.87. The van der Waals surface area contributed by atoms with Crippen molar-refractivity contribution in [3.8, 4) is 11.5 Å². The van der Waals surface area contributed by atoms with E-state index in [0.717, 1.165) is 34.1 Å². The first-order valence-electron chi connectivity index (χ1n) is 14.8. The lowest BCUT2D eigenvalue weighted by Crippen LogP contribution is -2.24. The molecule has 2 aromatic heterocycles. The minimum Gasteiger partial charge on any atom is -0.493 e. The van der Waals surface area contributed by atoms with Gasteiger partial charge in [0.15, 0.2) is 11.5 Å². The van der Waals surface area contributed by atoms with Crippen LogP contribution in [0.5, 0.6) is 11.5 Å². The second-order valence-electron chi connectivity index (χ2n) is 11.0. The number of carbonyl (C=O) groups is 1. The number of fused-ring (bicyclic) bond motifs is 1. The maximum absolute atomic E-state index is 13.5. The first-order chi connectivity index (χ1) is 21.6. The van der Waals surface area contributed by atoms with Gasteiger partial charge in [-0.15, -0.1) is 0 Å². The lowest BCUT2D eigenvalue weighted by Gasteiger charge is -2.20. The van der Waals surface area contributed by atoms with E-state index in [9.17, 15) is 4.79 Å². The van der Waals surface area contributed by atoms with E-state index in [4.69, 9.17) is 13.9 Å². The van der Waals surface area contributed by atoms with Gasteiger partial charge in [0.25, 0.3) is 0 Å². The zero-order valence-electron chi connectivity index (χ0n) is 25.0. The number of aryl methyl sites for hydroxylation is 1. The molecule has 6 rings (SSSR count). The van der Waals surface area contributed by atoms with Crippen LogP contribution in [0.1, 0.15) is 45.9 Å². The van der Waals surface area contributed by atoms with Crippen LogP contribution in [0.4, 0.5) is 0 Å². The Morgan fingerprint density at radius 1 is 0.864 bits per heavy atom. The Bertz CT molecular complexity index is 1820. The third-order valence-corrected chi connectivity index (χ3v) is 7.92. The summed E-state index contributed by atoms with van der Waals surface area (Å²) in [5.74, 6) is 1.70. The third-order valence-electron chi connectivity index (χ3n) is 7.92. The van der Waals surface area contributed by atoms with Gasteiger partial charge in [-0.2, -0.15) is 0 Å². The van der Waals surface area contributed by atoms with Gasteiger partial charge in [0.2, 0.25) is 5.91 Å². The fourth-order valence-electron chi connectivity index (χ4n) is 5.60. The van der Waals surface area contributed by atoms with Crippen molar-refractivity contribution in [1.82, 2.24) is 9.88 Å². The molecule has 0 unspecified atom stereocenters. The molecule has 222 valence electrons. The molecule has 0 radical (unpaired) electrons. The van der Waals surface area contributed by atoms with E-state index in [1.54, 1.807) is 13.4 Å². The van der Waals surface area contributed by atoms with Gasteiger partial charge in [0.05, 0.1) is 19.9 Å². The van der Waals surface area contributed by atoms with Crippen molar-refractivity contribution in [2.45, 2.75) is 39.0 Å².